The second kappa shape index (κ2) is 3.52. The van der Waals surface area contributed by atoms with Crippen LogP contribution >= 0.6 is 11.3 Å². The van der Waals surface area contributed by atoms with E-state index < -0.39 is 0 Å². The molecule has 0 fully saturated rings. The van der Waals surface area contributed by atoms with Crippen LogP contribution in [0, 0.1) is 0 Å². The highest BCUT2D eigenvalue weighted by Gasteiger charge is 2.00. The average molecular weight is 187 g/mol. The van der Waals surface area contributed by atoms with Crippen molar-refractivity contribution >= 4 is 34.7 Å². The maximum Gasteiger partial charge on any atom is 0.113 e. The van der Waals surface area contributed by atoms with Crippen LogP contribution in [0.25, 0.3) is 10.1 Å². The first-order chi connectivity index (χ1) is 6.29. The predicted octanol–water partition coefficient (Wildman–Crippen LogP) is 1.20. The Morgan fingerprint density at radius 1 is 1.31 bits per heavy atom. The molecule has 0 amide bonds. The highest BCUT2D eigenvalue weighted by molar-refractivity contribution is 7.19. The largest absolute Gasteiger partial charge is 0.330 e. The fourth-order valence-electron chi connectivity index (χ4n) is 1.38. The topological polar surface area (TPSA) is 26.0 Å². The summed E-state index contributed by atoms with van der Waals surface area (Å²) >= 11 is 1.79. The Balaban J connectivity index is 2.49. The van der Waals surface area contributed by atoms with Gasteiger partial charge in [0.2, 0.25) is 0 Å². The van der Waals surface area contributed by atoms with Crippen molar-refractivity contribution in [3.05, 3.63) is 29.1 Å². The highest BCUT2D eigenvalue weighted by atomic mass is 32.1. The van der Waals surface area contributed by atoms with E-state index in [1.165, 1.54) is 15.0 Å². The normalized spacial score (nSPS) is 10.8. The molecule has 1 nitrogen and oxygen atoms in total. The number of benzene rings is 1. The number of rotatable bonds is 2. The van der Waals surface area contributed by atoms with Gasteiger partial charge in [0.1, 0.15) is 7.85 Å². The van der Waals surface area contributed by atoms with Gasteiger partial charge in [0.25, 0.3) is 0 Å². The molecule has 2 N–H and O–H groups in total. The van der Waals surface area contributed by atoms with E-state index in [1.807, 2.05) is 12.1 Å². The van der Waals surface area contributed by atoms with Crippen LogP contribution < -0.4 is 11.2 Å². The molecule has 2 rings (SSSR count). The minimum Gasteiger partial charge on any atom is -0.330 e. The highest BCUT2D eigenvalue weighted by Crippen LogP contribution is 2.24. The number of hydrogen-bond acceptors (Lipinski definition) is 2. The number of thiophene rings is 1. The van der Waals surface area contributed by atoms with E-state index >= 15 is 0 Å². The molecule has 0 bridgehead atoms. The van der Waals surface area contributed by atoms with Crippen molar-refractivity contribution in [1.82, 2.24) is 0 Å². The van der Waals surface area contributed by atoms with Gasteiger partial charge in [-0.15, -0.1) is 11.3 Å². The van der Waals surface area contributed by atoms with Gasteiger partial charge in [-0.2, -0.15) is 0 Å². The van der Waals surface area contributed by atoms with E-state index in [9.17, 15) is 0 Å². The molecule has 2 radical (unpaired) electrons. The summed E-state index contributed by atoms with van der Waals surface area (Å²) in [7, 11) is 5.69. The summed E-state index contributed by atoms with van der Waals surface area (Å²) < 4.78 is 1.29. The first kappa shape index (κ1) is 8.79. The lowest BCUT2D eigenvalue weighted by molar-refractivity contribution is 0.989. The predicted molar refractivity (Wildman–Crippen MR) is 60.0 cm³/mol. The fourth-order valence-corrected chi connectivity index (χ4v) is 2.44. The van der Waals surface area contributed by atoms with Crippen molar-refractivity contribution in [3.8, 4) is 0 Å². The van der Waals surface area contributed by atoms with Gasteiger partial charge in [0.05, 0.1) is 0 Å². The quantitative estimate of drug-likeness (QED) is 0.702. The fraction of sp³-hybridized carbons (Fsp3) is 0.200. The van der Waals surface area contributed by atoms with Crippen LogP contribution in [0.5, 0.6) is 0 Å². The Kier molecular flexibility index (Phi) is 2.38. The van der Waals surface area contributed by atoms with Crippen molar-refractivity contribution in [3.63, 3.8) is 0 Å². The van der Waals surface area contributed by atoms with Crippen molar-refractivity contribution in [2.24, 2.45) is 5.73 Å². The molecule has 0 saturated heterocycles. The molecule has 1 aromatic carbocycles. The smallest absolute Gasteiger partial charge is 0.113 e. The van der Waals surface area contributed by atoms with Crippen molar-refractivity contribution in [2.75, 3.05) is 6.54 Å². The summed E-state index contributed by atoms with van der Waals surface area (Å²) in [5.41, 5.74) is 6.32. The van der Waals surface area contributed by atoms with Crippen LogP contribution in [0.3, 0.4) is 0 Å². The third-order valence-electron chi connectivity index (χ3n) is 1.98. The van der Waals surface area contributed by atoms with Crippen LogP contribution in [-0.4, -0.2) is 14.4 Å². The molecule has 0 aliphatic heterocycles. The molecule has 0 unspecified atom stereocenters. The molecule has 0 atom stereocenters. The van der Waals surface area contributed by atoms with Crippen LogP contribution in [0.2, 0.25) is 0 Å². The Morgan fingerprint density at radius 2 is 2.15 bits per heavy atom. The molecule has 2 aromatic rings. The van der Waals surface area contributed by atoms with Crippen LogP contribution in [0.4, 0.5) is 0 Å². The lowest BCUT2D eigenvalue weighted by atomic mass is 9.95. The molecule has 0 spiro atoms. The second-order valence-electron chi connectivity index (χ2n) is 3.05. The third kappa shape index (κ3) is 1.76. The molecule has 3 heteroatoms. The first-order valence-corrected chi connectivity index (χ1v) is 5.09. The van der Waals surface area contributed by atoms with E-state index in [0.29, 0.717) is 6.54 Å². The molecule has 1 heterocycles. The minimum absolute atomic E-state index is 0.711. The number of nitrogens with two attached hydrogens (primary N) is 1. The minimum atomic E-state index is 0.711. The van der Waals surface area contributed by atoms with Gasteiger partial charge >= 0.3 is 0 Å². The van der Waals surface area contributed by atoms with Crippen molar-refractivity contribution in [2.45, 2.75) is 6.42 Å². The SMILES string of the molecule is [B]c1ccc2sc(CCN)cc2c1. The molecular formula is C10H10BNS. The molecular weight excluding hydrogens is 177 g/mol. The Labute approximate surface area is 83.0 Å². The Bertz CT molecular complexity index is 422. The van der Waals surface area contributed by atoms with Crippen LogP contribution in [0.1, 0.15) is 4.88 Å². The Hall–Kier alpha value is -0.795. The van der Waals surface area contributed by atoms with Gasteiger partial charge < -0.3 is 5.73 Å². The van der Waals surface area contributed by atoms with Gasteiger partial charge in [-0.25, -0.2) is 0 Å². The lowest BCUT2D eigenvalue weighted by Gasteiger charge is -1.90. The zero-order valence-corrected chi connectivity index (χ0v) is 8.10. The number of hydrogen-bond donors (Lipinski definition) is 1. The van der Waals surface area contributed by atoms with Crippen LogP contribution in [0.15, 0.2) is 24.3 Å². The molecule has 0 aliphatic rings. The summed E-state index contributed by atoms with van der Waals surface area (Å²) in [5.74, 6) is 0. The van der Waals surface area contributed by atoms with Gasteiger partial charge in [0, 0.05) is 9.58 Å². The third-order valence-corrected chi connectivity index (χ3v) is 3.16. The standard InChI is InChI=1S/C10H10BNS/c11-8-1-2-10-7(5-8)6-9(13-10)3-4-12/h1-2,5-6H,3-4,12H2. The number of fused-ring (bicyclic) bond motifs is 1. The van der Waals surface area contributed by atoms with E-state index in [4.69, 9.17) is 13.6 Å². The van der Waals surface area contributed by atoms with E-state index in [-0.39, 0.29) is 0 Å². The molecule has 0 saturated carbocycles. The summed E-state index contributed by atoms with van der Waals surface area (Å²) in [6.07, 6.45) is 0.958. The zero-order chi connectivity index (χ0) is 9.26. The van der Waals surface area contributed by atoms with Crippen molar-refractivity contribution in [1.29, 1.82) is 0 Å². The molecule has 1 aromatic heterocycles. The maximum atomic E-state index is 5.69. The summed E-state index contributed by atoms with van der Waals surface area (Å²) in [4.78, 5) is 1.34. The summed E-state index contributed by atoms with van der Waals surface area (Å²) in [5, 5.41) is 1.23. The van der Waals surface area contributed by atoms with Gasteiger partial charge in [-0.05, 0) is 30.5 Å². The molecule has 0 aliphatic carbocycles. The zero-order valence-electron chi connectivity index (χ0n) is 7.29. The summed E-state index contributed by atoms with van der Waals surface area (Å²) in [6, 6.07) is 8.18. The van der Waals surface area contributed by atoms with E-state index in [2.05, 4.69) is 12.1 Å². The van der Waals surface area contributed by atoms with Crippen LogP contribution in [-0.2, 0) is 6.42 Å². The van der Waals surface area contributed by atoms with E-state index in [1.54, 1.807) is 11.3 Å². The van der Waals surface area contributed by atoms with Crippen molar-refractivity contribution < 1.29 is 0 Å². The molecule has 64 valence electrons. The first-order valence-electron chi connectivity index (χ1n) is 4.27. The monoisotopic (exact) mass is 187 g/mol. The molecule has 13 heavy (non-hydrogen) atoms. The lowest BCUT2D eigenvalue weighted by Crippen LogP contribution is -2.00. The van der Waals surface area contributed by atoms with Gasteiger partial charge in [-0.3, -0.25) is 0 Å². The van der Waals surface area contributed by atoms with Gasteiger partial charge in [0.15, 0.2) is 0 Å². The average Bonchev–Trinajstić information content (AvgIpc) is 2.46. The second-order valence-corrected chi connectivity index (χ2v) is 4.22. The maximum absolute atomic E-state index is 5.69. The summed E-state index contributed by atoms with van der Waals surface area (Å²) in [6.45, 7) is 0.711. The Morgan fingerprint density at radius 3 is 2.92 bits per heavy atom. The van der Waals surface area contributed by atoms with Gasteiger partial charge in [-0.1, -0.05) is 17.6 Å². The van der Waals surface area contributed by atoms with E-state index in [0.717, 1.165) is 11.9 Å².